The molecule has 0 aliphatic carbocycles. The number of halogens is 2. The van der Waals surface area contributed by atoms with Gasteiger partial charge in [-0.25, -0.2) is 4.39 Å². The predicted molar refractivity (Wildman–Crippen MR) is 57.9 cm³/mol. The van der Waals surface area contributed by atoms with Crippen LogP contribution in [0.1, 0.15) is 31.1 Å². The largest absolute Gasteiger partial charge is 0.294 e. The van der Waals surface area contributed by atoms with Crippen molar-refractivity contribution in [2.45, 2.75) is 20.8 Å². The molecule has 0 aliphatic heterocycles. The molecule has 1 nitrogen and oxygen atoms in total. The molecule has 3 heteroatoms. The van der Waals surface area contributed by atoms with E-state index in [9.17, 15) is 9.18 Å². The zero-order valence-corrected chi connectivity index (χ0v) is 9.98. The number of carbonyl (C=O) groups is 1. The molecule has 0 spiro atoms. The van der Waals surface area contributed by atoms with Gasteiger partial charge in [-0.05, 0) is 34.1 Å². The van der Waals surface area contributed by atoms with Crippen LogP contribution in [0.5, 0.6) is 0 Å². The second-order valence-electron chi connectivity index (χ2n) is 4.20. The van der Waals surface area contributed by atoms with Crippen molar-refractivity contribution in [1.29, 1.82) is 0 Å². The van der Waals surface area contributed by atoms with Crippen LogP contribution >= 0.6 is 15.9 Å². The second kappa shape index (κ2) is 3.81. The van der Waals surface area contributed by atoms with Gasteiger partial charge in [-0.1, -0.05) is 20.8 Å². The summed E-state index contributed by atoms with van der Waals surface area (Å²) in [6.45, 7) is 5.52. The van der Waals surface area contributed by atoms with Crippen molar-refractivity contribution in [1.82, 2.24) is 0 Å². The third kappa shape index (κ3) is 2.41. The van der Waals surface area contributed by atoms with Gasteiger partial charge >= 0.3 is 0 Å². The molecule has 0 N–H and O–H groups in total. The van der Waals surface area contributed by atoms with Gasteiger partial charge in [0.05, 0.1) is 0 Å². The summed E-state index contributed by atoms with van der Waals surface area (Å²) in [5, 5.41) is 0. The number of hydrogen-bond donors (Lipinski definition) is 0. The summed E-state index contributed by atoms with van der Waals surface area (Å²) < 4.78 is 13.3. The average Bonchev–Trinajstić information content (AvgIpc) is 2.01. The Kier molecular flexibility index (Phi) is 3.10. The predicted octanol–water partition coefficient (Wildman–Crippen LogP) is 3.82. The molecule has 0 aliphatic rings. The fourth-order valence-corrected chi connectivity index (χ4v) is 1.61. The van der Waals surface area contributed by atoms with E-state index in [0.717, 1.165) is 0 Å². The molecular weight excluding hydrogens is 247 g/mol. The molecule has 0 saturated heterocycles. The SMILES string of the molecule is CC(C)(C)C(=O)c1ccc(F)cc1Br. The minimum atomic E-state index is -0.444. The molecule has 0 saturated carbocycles. The summed E-state index contributed by atoms with van der Waals surface area (Å²) in [5.41, 5.74) is 0.0827. The van der Waals surface area contributed by atoms with Crippen LogP contribution in [0.3, 0.4) is 0 Å². The van der Waals surface area contributed by atoms with Gasteiger partial charge in [0.1, 0.15) is 5.82 Å². The van der Waals surface area contributed by atoms with Crippen molar-refractivity contribution < 1.29 is 9.18 Å². The fourth-order valence-electron chi connectivity index (χ4n) is 1.08. The van der Waals surface area contributed by atoms with E-state index < -0.39 is 5.41 Å². The summed E-state index contributed by atoms with van der Waals surface area (Å²) in [6, 6.07) is 4.11. The van der Waals surface area contributed by atoms with Gasteiger partial charge in [0.25, 0.3) is 0 Å². The zero-order chi connectivity index (χ0) is 10.9. The summed E-state index contributed by atoms with van der Waals surface area (Å²) in [7, 11) is 0. The average molecular weight is 259 g/mol. The Balaban J connectivity index is 3.15. The molecule has 0 heterocycles. The van der Waals surface area contributed by atoms with E-state index in [1.165, 1.54) is 18.2 Å². The number of carbonyl (C=O) groups excluding carboxylic acids is 1. The number of hydrogen-bond acceptors (Lipinski definition) is 1. The molecule has 1 aromatic carbocycles. The molecule has 0 aromatic heterocycles. The van der Waals surface area contributed by atoms with E-state index >= 15 is 0 Å². The van der Waals surface area contributed by atoms with Crippen LogP contribution in [0, 0.1) is 11.2 Å². The van der Waals surface area contributed by atoms with Crippen LogP contribution < -0.4 is 0 Å². The van der Waals surface area contributed by atoms with Crippen molar-refractivity contribution in [2.75, 3.05) is 0 Å². The monoisotopic (exact) mass is 258 g/mol. The smallest absolute Gasteiger partial charge is 0.169 e. The highest BCUT2D eigenvalue weighted by molar-refractivity contribution is 9.10. The lowest BCUT2D eigenvalue weighted by Gasteiger charge is -2.17. The third-order valence-corrected chi connectivity index (χ3v) is 2.51. The van der Waals surface area contributed by atoms with Crippen LogP contribution in [-0.2, 0) is 0 Å². The van der Waals surface area contributed by atoms with Gasteiger partial charge in [-0.2, -0.15) is 0 Å². The van der Waals surface area contributed by atoms with Crippen LogP contribution in [0.15, 0.2) is 22.7 Å². The van der Waals surface area contributed by atoms with Gasteiger partial charge in [0, 0.05) is 15.5 Å². The Bertz CT molecular complexity index is 366. The zero-order valence-electron chi connectivity index (χ0n) is 8.40. The first-order valence-corrected chi connectivity index (χ1v) is 5.11. The maximum atomic E-state index is 12.8. The summed E-state index contributed by atoms with van der Waals surface area (Å²) >= 11 is 3.18. The molecular formula is C11H12BrFO. The summed E-state index contributed by atoms with van der Waals surface area (Å²) in [5.74, 6) is -0.341. The topological polar surface area (TPSA) is 17.1 Å². The Morgan fingerprint density at radius 2 is 1.93 bits per heavy atom. The molecule has 1 aromatic rings. The number of ketones is 1. The van der Waals surface area contributed by atoms with E-state index in [0.29, 0.717) is 10.0 Å². The molecule has 0 amide bonds. The highest BCUT2D eigenvalue weighted by Crippen LogP contribution is 2.26. The van der Waals surface area contributed by atoms with E-state index in [4.69, 9.17) is 0 Å². The molecule has 0 bridgehead atoms. The van der Waals surface area contributed by atoms with Crippen LogP contribution in [0.2, 0.25) is 0 Å². The van der Waals surface area contributed by atoms with Crippen molar-refractivity contribution in [3.63, 3.8) is 0 Å². The summed E-state index contributed by atoms with van der Waals surface area (Å²) in [6.07, 6.45) is 0. The highest BCUT2D eigenvalue weighted by Gasteiger charge is 2.24. The Labute approximate surface area is 91.5 Å². The van der Waals surface area contributed by atoms with Crippen molar-refractivity contribution >= 4 is 21.7 Å². The lowest BCUT2D eigenvalue weighted by molar-refractivity contribution is 0.0857. The van der Waals surface area contributed by atoms with E-state index in [1.54, 1.807) is 0 Å². The maximum Gasteiger partial charge on any atom is 0.169 e. The number of rotatable bonds is 1. The maximum absolute atomic E-state index is 12.8. The molecule has 76 valence electrons. The highest BCUT2D eigenvalue weighted by atomic mass is 79.9. The Hall–Kier alpha value is -0.700. The molecule has 0 unspecified atom stereocenters. The second-order valence-corrected chi connectivity index (χ2v) is 5.06. The van der Waals surface area contributed by atoms with Gasteiger partial charge in [0.2, 0.25) is 0 Å². The molecule has 1 rings (SSSR count). The fraction of sp³-hybridized carbons (Fsp3) is 0.364. The molecule has 0 atom stereocenters. The first-order valence-electron chi connectivity index (χ1n) is 4.32. The first kappa shape index (κ1) is 11.4. The van der Waals surface area contributed by atoms with Crippen molar-refractivity contribution in [3.05, 3.63) is 34.1 Å². The van der Waals surface area contributed by atoms with Crippen molar-refractivity contribution in [2.24, 2.45) is 5.41 Å². The summed E-state index contributed by atoms with van der Waals surface area (Å²) in [4.78, 5) is 11.8. The quantitative estimate of drug-likeness (QED) is 0.701. The Morgan fingerprint density at radius 3 is 2.36 bits per heavy atom. The van der Waals surface area contributed by atoms with Gasteiger partial charge in [-0.3, -0.25) is 4.79 Å². The third-order valence-electron chi connectivity index (χ3n) is 1.86. The van der Waals surface area contributed by atoms with Crippen LogP contribution in [0.4, 0.5) is 4.39 Å². The number of benzene rings is 1. The van der Waals surface area contributed by atoms with Crippen molar-refractivity contribution in [3.8, 4) is 0 Å². The van der Waals surface area contributed by atoms with Gasteiger partial charge < -0.3 is 0 Å². The molecule has 14 heavy (non-hydrogen) atoms. The van der Waals surface area contributed by atoms with E-state index in [-0.39, 0.29) is 11.6 Å². The Morgan fingerprint density at radius 1 is 1.36 bits per heavy atom. The molecule has 0 radical (unpaired) electrons. The molecule has 0 fully saturated rings. The minimum Gasteiger partial charge on any atom is -0.294 e. The van der Waals surface area contributed by atoms with Crippen LogP contribution in [0.25, 0.3) is 0 Å². The minimum absolute atomic E-state index is 0.00405. The standard InChI is InChI=1S/C11H12BrFO/c1-11(2,3)10(14)8-5-4-7(13)6-9(8)12/h4-6H,1-3H3. The number of Topliss-reactive ketones (excluding diaryl/α,β-unsaturated/α-hetero) is 1. The van der Waals surface area contributed by atoms with E-state index in [2.05, 4.69) is 15.9 Å². The lowest BCUT2D eigenvalue weighted by atomic mass is 9.86. The first-order chi connectivity index (χ1) is 6.32. The van der Waals surface area contributed by atoms with E-state index in [1.807, 2.05) is 20.8 Å². The normalized spacial score (nSPS) is 11.5. The van der Waals surface area contributed by atoms with Gasteiger partial charge in [0.15, 0.2) is 5.78 Å². The lowest BCUT2D eigenvalue weighted by Crippen LogP contribution is -2.20. The van der Waals surface area contributed by atoms with Crippen LogP contribution in [-0.4, -0.2) is 5.78 Å². The van der Waals surface area contributed by atoms with Gasteiger partial charge in [-0.15, -0.1) is 0 Å².